The number of aromatic hydroxyl groups is 1. The fourth-order valence-corrected chi connectivity index (χ4v) is 3.05. The number of carboxylic acid groups (broad SMARTS) is 1. The first-order chi connectivity index (χ1) is 9.68. The Morgan fingerprint density at radius 3 is 2.55 bits per heavy atom. The van der Waals surface area contributed by atoms with Gasteiger partial charge in [-0.1, -0.05) is 24.3 Å². The molecule has 6 heteroatoms. The Labute approximate surface area is 124 Å². The Hall–Kier alpha value is -1.92. The van der Waals surface area contributed by atoms with Crippen molar-refractivity contribution in [3.63, 3.8) is 0 Å². The molecule has 0 heterocycles. The first-order valence-electron chi connectivity index (χ1n) is 5.66. The van der Waals surface area contributed by atoms with Crippen molar-refractivity contribution in [2.75, 3.05) is 0 Å². The molecule has 0 saturated heterocycles. The summed E-state index contributed by atoms with van der Waals surface area (Å²) >= 11 is 0. The van der Waals surface area contributed by atoms with Crippen LogP contribution >= 0.6 is 21.8 Å². The number of para-hydroxylation sites is 1. The summed E-state index contributed by atoms with van der Waals surface area (Å²) < 4.78 is 4.10. The number of benzene rings is 2. The van der Waals surface area contributed by atoms with E-state index in [0.29, 0.717) is 10.5 Å². The summed E-state index contributed by atoms with van der Waals surface area (Å²) in [5, 5.41) is 18.6. The van der Waals surface area contributed by atoms with Crippen LogP contribution in [0.5, 0.6) is 5.75 Å². The predicted molar refractivity (Wildman–Crippen MR) is 82.6 cm³/mol. The second-order valence-electron chi connectivity index (χ2n) is 3.75. The molecule has 20 heavy (non-hydrogen) atoms. The lowest BCUT2D eigenvalue weighted by atomic mass is 10.2. The van der Waals surface area contributed by atoms with Crippen LogP contribution in [0, 0.1) is 0 Å². The van der Waals surface area contributed by atoms with Crippen molar-refractivity contribution >= 4 is 34.0 Å². The number of phenols is 1. The van der Waals surface area contributed by atoms with E-state index in [1.54, 1.807) is 48.5 Å². The zero-order chi connectivity index (χ0) is 14.4. The van der Waals surface area contributed by atoms with Gasteiger partial charge in [-0.2, -0.15) is 0 Å². The van der Waals surface area contributed by atoms with Gasteiger partial charge in [-0.25, -0.2) is 9.19 Å². The maximum absolute atomic E-state index is 11.0. The lowest BCUT2D eigenvalue weighted by Crippen LogP contribution is -1.97. The molecule has 0 atom stereocenters. The summed E-state index contributed by atoms with van der Waals surface area (Å²) in [5.74, 6) is -0.800. The summed E-state index contributed by atoms with van der Waals surface area (Å²) in [4.78, 5) is 11.7. The van der Waals surface area contributed by atoms with Crippen molar-refractivity contribution in [3.8, 4) is 5.75 Å². The number of carbonyl (C=O) groups is 1. The zero-order valence-corrected chi connectivity index (χ0v) is 11.9. The third kappa shape index (κ3) is 3.79. The van der Waals surface area contributed by atoms with Crippen molar-refractivity contribution < 1.29 is 15.0 Å². The van der Waals surface area contributed by atoms with Crippen LogP contribution in [0.2, 0.25) is 0 Å². The van der Waals surface area contributed by atoms with Crippen LogP contribution in [0.1, 0.15) is 15.9 Å². The molecule has 0 amide bonds. The molecule has 2 aromatic rings. The van der Waals surface area contributed by atoms with Crippen molar-refractivity contribution in [3.05, 3.63) is 59.7 Å². The van der Waals surface area contributed by atoms with E-state index in [1.165, 1.54) is 17.0 Å². The van der Waals surface area contributed by atoms with Gasteiger partial charge >= 0.3 is 5.97 Å². The van der Waals surface area contributed by atoms with Gasteiger partial charge in [0.25, 0.3) is 0 Å². The summed E-state index contributed by atoms with van der Waals surface area (Å²) in [6.07, 6.45) is 1.54. The average Bonchev–Trinajstić information content (AvgIpc) is 2.45. The number of hydrogen-bond acceptors (Lipinski definition) is 5. The number of carboxylic acids is 1. The molecule has 2 rings (SSSR count). The first-order valence-corrected chi connectivity index (χ1v) is 7.76. The van der Waals surface area contributed by atoms with Gasteiger partial charge in [0.2, 0.25) is 0 Å². The molecule has 0 aliphatic carbocycles. The standard InChI is InChI=1S/C14H11NO3S2/c16-12-7-3-1-5-10(12)9-15-20-19-13-8-4-2-6-11(13)14(17)18/h1-9,16H,(H,17,18). The van der Waals surface area contributed by atoms with Gasteiger partial charge in [0, 0.05) is 27.7 Å². The topological polar surface area (TPSA) is 69.9 Å². The molecule has 0 aliphatic heterocycles. The smallest absolute Gasteiger partial charge is 0.336 e. The zero-order valence-electron chi connectivity index (χ0n) is 10.3. The maximum Gasteiger partial charge on any atom is 0.336 e. The van der Waals surface area contributed by atoms with Crippen LogP contribution in [0.15, 0.2) is 57.8 Å². The molecular weight excluding hydrogens is 294 g/mol. The molecule has 0 fully saturated rings. The van der Waals surface area contributed by atoms with Crippen LogP contribution in [0.3, 0.4) is 0 Å². The predicted octanol–water partition coefficient (Wildman–Crippen LogP) is 3.86. The van der Waals surface area contributed by atoms with Crippen LogP contribution in [0.25, 0.3) is 0 Å². The van der Waals surface area contributed by atoms with Gasteiger partial charge in [-0.15, -0.1) is 0 Å². The quantitative estimate of drug-likeness (QED) is 0.498. The fraction of sp³-hybridized carbons (Fsp3) is 0. The van der Waals surface area contributed by atoms with E-state index in [9.17, 15) is 9.90 Å². The minimum absolute atomic E-state index is 0.160. The van der Waals surface area contributed by atoms with E-state index in [-0.39, 0.29) is 11.3 Å². The lowest BCUT2D eigenvalue weighted by Gasteiger charge is -2.01. The Balaban J connectivity index is 2.00. The van der Waals surface area contributed by atoms with Crippen LogP contribution in [0.4, 0.5) is 0 Å². The molecule has 4 nitrogen and oxygen atoms in total. The molecule has 2 aromatic carbocycles. The fourth-order valence-electron chi connectivity index (χ4n) is 1.45. The van der Waals surface area contributed by atoms with Crippen molar-refractivity contribution in [2.24, 2.45) is 4.40 Å². The molecule has 0 unspecified atom stereocenters. The SMILES string of the molecule is O=C(O)c1ccccc1SSN=Cc1ccccc1O. The number of hydrogen-bond donors (Lipinski definition) is 2. The van der Waals surface area contributed by atoms with E-state index >= 15 is 0 Å². The first kappa shape index (κ1) is 14.5. The highest BCUT2D eigenvalue weighted by Crippen LogP contribution is 2.34. The van der Waals surface area contributed by atoms with Crippen molar-refractivity contribution in [1.29, 1.82) is 0 Å². The van der Waals surface area contributed by atoms with Crippen LogP contribution in [-0.2, 0) is 0 Å². The second kappa shape index (κ2) is 7.02. The molecular formula is C14H11NO3S2. The third-order valence-corrected chi connectivity index (χ3v) is 4.24. The number of phenolic OH excluding ortho intramolecular Hbond substituents is 1. The van der Waals surface area contributed by atoms with Gasteiger partial charge in [0.05, 0.1) is 5.56 Å². The van der Waals surface area contributed by atoms with Gasteiger partial charge < -0.3 is 10.2 Å². The van der Waals surface area contributed by atoms with E-state index < -0.39 is 5.97 Å². The third-order valence-electron chi connectivity index (χ3n) is 2.42. The Morgan fingerprint density at radius 1 is 1.10 bits per heavy atom. The Morgan fingerprint density at radius 2 is 1.80 bits per heavy atom. The van der Waals surface area contributed by atoms with Crippen molar-refractivity contribution in [1.82, 2.24) is 0 Å². The Bertz CT molecular complexity index is 644. The molecule has 0 aromatic heterocycles. The number of aromatic carboxylic acids is 1. The average molecular weight is 305 g/mol. The highest BCUT2D eigenvalue weighted by molar-refractivity contribution is 8.76. The van der Waals surface area contributed by atoms with Gasteiger partial charge in [-0.3, -0.25) is 0 Å². The molecule has 2 N–H and O–H groups in total. The molecule has 102 valence electrons. The van der Waals surface area contributed by atoms with Crippen LogP contribution in [-0.4, -0.2) is 22.4 Å². The highest BCUT2D eigenvalue weighted by Gasteiger charge is 2.09. The van der Waals surface area contributed by atoms with E-state index in [0.717, 1.165) is 11.0 Å². The van der Waals surface area contributed by atoms with Crippen LogP contribution < -0.4 is 0 Å². The number of rotatable bonds is 5. The highest BCUT2D eigenvalue weighted by atomic mass is 33.1. The summed E-state index contributed by atoms with van der Waals surface area (Å²) in [6, 6.07) is 13.6. The van der Waals surface area contributed by atoms with Crippen molar-refractivity contribution in [2.45, 2.75) is 4.90 Å². The summed E-state index contributed by atoms with van der Waals surface area (Å²) in [5.41, 5.74) is 0.870. The molecule has 0 aliphatic rings. The largest absolute Gasteiger partial charge is 0.507 e. The normalized spacial score (nSPS) is 10.8. The molecule has 0 radical (unpaired) electrons. The van der Waals surface area contributed by atoms with E-state index in [2.05, 4.69) is 4.40 Å². The van der Waals surface area contributed by atoms with Gasteiger partial charge in [0.1, 0.15) is 5.75 Å². The minimum Gasteiger partial charge on any atom is -0.507 e. The lowest BCUT2D eigenvalue weighted by molar-refractivity contribution is 0.0693. The molecule has 0 spiro atoms. The van der Waals surface area contributed by atoms with E-state index in [4.69, 9.17) is 5.11 Å². The molecule has 0 bridgehead atoms. The van der Waals surface area contributed by atoms with Gasteiger partial charge in [-0.05, 0) is 35.1 Å². The summed E-state index contributed by atoms with van der Waals surface area (Å²) in [7, 11) is 2.41. The van der Waals surface area contributed by atoms with E-state index in [1.807, 2.05) is 0 Å². The second-order valence-corrected chi connectivity index (χ2v) is 5.67. The van der Waals surface area contributed by atoms with Gasteiger partial charge in [0.15, 0.2) is 0 Å². The maximum atomic E-state index is 11.0. The summed E-state index contributed by atoms with van der Waals surface area (Å²) in [6.45, 7) is 0. The Kier molecular flexibility index (Phi) is 5.09. The minimum atomic E-state index is -0.960. The monoisotopic (exact) mass is 305 g/mol. The number of nitrogens with zero attached hydrogens (tertiary/aromatic N) is 1. The molecule has 0 saturated carbocycles.